The molecule has 0 unspecified atom stereocenters. The van der Waals surface area contributed by atoms with E-state index in [-0.39, 0.29) is 5.41 Å². The maximum absolute atomic E-state index is 4.71. The quantitative estimate of drug-likeness (QED) is 0.615. The van der Waals surface area contributed by atoms with Crippen LogP contribution in [-0.2, 0) is 17.4 Å². The van der Waals surface area contributed by atoms with Gasteiger partial charge in [0.25, 0.3) is 0 Å². The van der Waals surface area contributed by atoms with Crippen LogP contribution < -0.4 is 0 Å². The molecule has 0 radical (unpaired) electrons. The average molecular weight is 190 g/mol. The Morgan fingerprint density at radius 1 is 1.29 bits per heavy atom. The van der Waals surface area contributed by atoms with E-state index in [1.807, 2.05) is 0 Å². The third-order valence-corrected chi connectivity index (χ3v) is 3.75. The molecule has 14 heavy (non-hydrogen) atoms. The molecule has 1 fully saturated rings. The largest absolute Gasteiger partial charge is 0.269 e. The second kappa shape index (κ2) is 2.23. The zero-order valence-corrected chi connectivity index (χ0v) is 9.30. The van der Waals surface area contributed by atoms with Gasteiger partial charge in [-0.3, -0.25) is 4.68 Å². The van der Waals surface area contributed by atoms with Gasteiger partial charge in [0, 0.05) is 23.1 Å². The van der Waals surface area contributed by atoms with Crippen molar-refractivity contribution in [3.63, 3.8) is 0 Å². The summed E-state index contributed by atoms with van der Waals surface area (Å²) in [7, 11) is 0. The minimum absolute atomic E-state index is 0.202. The number of hydrogen-bond acceptors (Lipinski definition) is 1. The zero-order valence-electron chi connectivity index (χ0n) is 9.30. The second-order valence-electron chi connectivity index (χ2n) is 5.92. The SMILES string of the molecule is CC(C)(C)c1cc2n(n1)CCC21CC1. The molecule has 1 saturated carbocycles. The van der Waals surface area contributed by atoms with Crippen LogP contribution in [0, 0.1) is 0 Å². The summed E-state index contributed by atoms with van der Waals surface area (Å²) < 4.78 is 2.24. The predicted octanol–water partition coefficient (Wildman–Crippen LogP) is 2.62. The molecule has 2 aliphatic rings. The highest BCUT2D eigenvalue weighted by atomic mass is 15.3. The number of rotatable bonds is 0. The van der Waals surface area contributed by atoms with Crippen molar-refractivity contribution in [1.82, 2.24) is 9.78 Å². The Hall–Kier alpha value is -0.790. The highest BCUT2D eigenvalue weighted by Gasteiger charge is 2.50. The van der Waals surface area contributed by atoms with Gasteiger partial charge in [-0.25, -0.2) is 0 Å². The van der Waals surface area contributed by atoms with E-state index in [9.17, 15) is 0 Å². The van der Waals surface area contributed by atoms with Gasteiger partial charge in [0.15, 0.2) is 0 Å². The molecule has 0 bridgehead atoms. The van der Waals surface area contributed by atoms with Crippen molar-refractivity contribution >= 4 is 0 Å². The van der Waals surface area contributed by atoms with Gasteiger partial charge in [-0.05, 0) is 25.3 Å². The molecule has 0 N–H and O–H groups in total. The summed E-state index contributed by atoms with van der Waals surface area (Å²) in [6, 6.07) is 2.35. The van der Waals surface area contributed by atoms with Crippen LogP contribution in [0.25, 0.3) is 0 Å². The lowest BCUT2D eigenvalue weighted by atomic mass is 9.91. The van der Waals surface area contributed by atoms with E-state index in [1.54, 1.807) is 0 Å². The Bertz CT molecular complexity index is 378. The van der Waals surface area contributed by atoms with Crippen LogP contribution in [-0.4, -0.2) is 9.78 Å². The van der Waals surface area contributed by atoms with Crippen LogP contribution in [0.5, 0.6) is 0 Å². The summed E-state index contributed by atoms with van der Waals surface area (Å²) in [4.78, 5) is 0. The summed E-state index contributed by atoms with van der Waals surface area (Å²) in [6.07, 6.45) is 4.12. The fourth-order valence-corrected chi connectivity index (χ4v) is 2.49. The maximum atomic E-state index is 4.71. The van der Waals surface area contributed by atoms with Gasteiger partial charge in [0.1, 0.15) is 0 Å². The van der Waals surface area contributed by atoms with Crippen LogP contribution in [0.2, 0.25) is 0 Å². The highest BCUT2D eigenvalue weighted by Crippen LogP contribution is 2.54. The Morgan fingerprint density at radius 2 is 2.00 bits per heavy atom. The van der Waals surface area contributed by atoms with Crippen molar-refractivity contribution < 1.29 is 0 Å². The smallest absolute Gasteiger partial charge is 0.0681 e. The molecule has 2 nitrogen and oxygen atoms in total. The van der Waals surface area contributed by atoms with Crippen molar-refractivity contribution in [3.8, 4) is 0 Å². The number of nitrogens with zero attached hydrogens (tertiary/aromatic N) is 2. The van der Waals surface area contributed by atoms with Gasteiger partial charge in [0.05, 0.1) is 5.69 Å². The molecule has 2 heterocycles. The Kier molecular flexibility index (Phi) is 1.36. The number of fused-ring (bicyclic) bond motifs is 2. The second-order valence-corrected chi connectivity index (χ2v) is 5.92. The first kappa shape index (κ1) is 8.51. The van der Waals surface area contributed by atoms with Crippen LogP contribution >= 0.6 is 0 Å². The Balaban J connectivity index is 2.06. The molecule has 1 aliphatic heterocycles. The van der Waals surface area contributed by atoms with Gasteiger partial charge < -0.3 is 0 Å². The van der Waals surface area contributed by atoms with E-state index in [2.05, 4.69) is 31.5 Å². The van der Waals surface area contributed by atoms with E-state index in [1.165, 1.54) is 30.7 Å². The first-order valence-electron chi connectivity index (χ1n) is 5.60. The molecule has 0 atom stereocenters. The third kappa shape index (κ3) is 0.999. The van der Waals surface area contributed by atoms with Gasteiger partial charge in [-0.2, -0.15) is 5.10 Å². The molecule has 0 saturated heterocycles. The summed E-state index contributed by atoms with van der Waals surface area (Å²) in [5.74, 6) is 0. The van der Waals surface area contributed by atoms with E-state index >= 15 is 0 Å². The first-order valence-corrected chi connectivity index (χ1v) is 5.60. The van der Waals surface area contributed by atoms with E-state index in [0.717, 1.165) is 6.54 Å². The third-order valence-electron chi connectivity index (χ3n) is 3.75. The lowest BCUT2D eigenvalue weighted by Crippen LogP contribution is -2.13. The van der Waals surface area contributed by atoms with Crippen molar-refractivity contribution in [2.75, 3.05) is 0 Å². The molecule has 0 aromatic carbocycles. The standard InChI is InChI=1S/C12H18N2/c1-11(2,3)9-8-10-12(4-5-12)6-7-14(10)13-9/h8H,4-7H2,1-3H3. The first-order chi connectivity index (χ1) is 6.51. The summed E-state index contributed by atoms with van der Waals surface area (Å²) in [5.41, 5.74) is 3.55. The highest BCUT2D eigenvalue weighted by molar-refractivity contribution is 5.32. The van der Waals surface area contributed by atoms with Gasteiger partial charge in [0.2, 0.25) is 0 Å². The molecular formula is C12H18N2. The van der Waals surface area contributed by atoms with Crippen molar-refractivity contribution in [3.05, 3.63) is 17.5 Å². The zero-order chi connectivity index (χ0) is 9.97. The summed E-state index contributed by atoms with van der Waals surface area (Å²) in [5, 5.41) is 4.71. The lowest BCUT2D eigenvalue weighted by molar-refractivity contribution is 0.535. The van der Waals surface area contributed by atoms with Gasteiger partial charge in [-0.15, -0.1) is 0 Å². The Morgan fingerprint density at radius 3 is 2.57 bits per heavy atom. The van der Waals surface area contributed by atoms with Crippen LogP contribution in [0.3, 0.4) is 0 Å². The molecule has 2 heteroatoms. The molecule has 1 spiro atoms. The van der Waals surface area contributed by atoms with E-state index < -0.39 is 0 Å². The minimum Gasteiger partial charge on any atom is -0.269 e. The maximum Gasteiger partial charge on any atom is 0.0681 e. The van der Waals surface area contributed by atoms with Crippen molar-refractivity contribution in [1.29, 1.82) is 0 Å². The predicted molar refractivity (Wildman–Crippen MR) is 56.5 cm³/mol. The van der Waals surface area contributed by atoms with Crippen LogP contribution in [0.15, 0.2) is 6.07 Å². The fourth-order valence-electron chi connectivity index (χ4n) is 2.49. The minimum atomic E-state index is 0.202. The average Bonchev–Trinajstić information content (AvgIpc) is 2.57. The summed E-state index contributed by atoms with van der Waals surface area (Å²) >= 11 is 0. The molecule has 1 aliphatic carbocycles. The molecular weight excluding hydrogens is 172 g/mol. The number of aromatic nitrogens is 2. The normalized spacial score (nSPS) is 22.8. The van der Waals surface area contributed by atoms with Gasteiger partial charge >= 0.3 is 0 Å². The topological polar surface area (TPSA) is 17.8 Å². The number of hydrogen-bond donors (Lipinski definition) is 0. The Labute approximate surface area is 85.3 Å². The fraction of sp³-hybridized carbons (Fsp3) is 0.750. The van der Waals surface area contributed by atoms with Crippen molar-refractivity contribution in [2.45, 2.75) is 57.4 Å². The molecule has 3 rings (SSSR count). The van der Waals surface area contributed by atoms with E-state index in [0.29, 0.717) is 5.41 Å². The number of aryl methyl sites for hydroxylation is 1. The molecule has 76 valence electrons. The van der Waals surface area contributed by atoms with Crippen LogP contribution in [0.1, 0.15) is 51.4 Å². The van der Waals surface area contributed by atoms with E-state index in [4.69, 9.17) is 5.10 Å². The summed E-state index contributed by atoms with van der Waals surface area (Å²) in [6.45, 7) is 7.87. The molecule has 0 amide bonds. The van der Waals surface area contributed by atoms with Crippen molar-refractivity contribution in [2.24, 2.45) is 0 Å². The lowest BCUT2D eigenvalue weighted by Gasteiger charge is -2.14. The van der Waals surface area contributed by atoms with Gasteiger partial charge in [-0.1, -0.05) is 20.8 Å². The monoisotopic (exact) mass is 190 g/mol. The molecule has 1 aromatic rings. The van der Waals surface area contributed by atoms with Crippen LogP contribution in [0.4, 0.5) is 0 Å². The molecule has 1 aromatic heterocycles.